The smallest absolute Gasteiger partial charge is 0.197 e. The van der Waals surface area contributed by atoms with Gasteiger partial charge < -0.3 is 10.2 Å². The molecule has 1 fully saturated rings. The molecule has 4 aromatic rings. The number of allylic oxidation sites excluding steroid dienone is 6. The van der Waals surface area contributed by atoms with E-state index in [1.54, 1.807) is 5.56 Å². The molecule has 0 amide bonds. The second kappa shape index (κ2) is 10.6. The van der Waals surface area contributed by atoms with Crippen LogP contribution in [0, 0.1) is 13.8 Å². The third-order valence-electron chi connectivity index (χ3n) is 12.8. The summed E-state index contributed by atoms with van der Waals surface area (Å²) in [5.41, 5.74) is 20.7. The molecule has 2 atom stereocenters. The average Bonchev–Trinajstić information content (AvgIpc) is 3.57. The first kappa shape index (κ1) is 29.9. The van der Waals surface area contributed by atoms with Crippen molar-refractivity contribution in [3.8, 4) is 0 Å². The summed E-state index contributed by atoms with van der Waals surface area (Å²) >= 11 is 0. The van der Waals surface area contributed by atoms with Crippen molar-refractivity contribution in [2.24, 2.45) is 0 Å². The molecule has 1 N–H and O–H groups in total. The fourth-order valence-electron chi connectivity index (χ4n) is 10.0. The van der Waals surface area contributed by atoms with Gasteiger partial charge in [-0.2, -0.15) is 0 Å². The Morgan fingerprint density at radius 1 is 0.833 bits per heavy atom. The van der Waals surface area contributed by atoms with Crippen molar-refractivity contribution >= 4 is 51.5 Å². The topological polar surface area (TPSA) is 15.3 Å². The highest BCUT2D eigenvalue weighted by Gasteiger charge is 2.59. The van der Waals surface area contributed by atoms with Crippen LogP contribution >= 0.6 is 0 Å². The predicted octanol–water partition coefficient (Wildman–Crippen LogP) is 9.75. The minimum atomic E-state index is 0.0108. The molecule has 239 valence electrons. The Morgan fingerprint density at radius 2 is 1.67 bits per heavy atom. The van der Waals surface area contributed by atoms with E-state index in [-0.39, 0.29) is 11.0 Å². The van der Waals surface area contributed by atoms with Gasteiger partial charge in [0.05, 0.1) is 5.54 Å². The first-order chi connectivity index (χ1) is 23.2. The molecule has 0 bridgehead atoms. The van der Waals surface area contributed by atoms with Crippen molar-refractivity contribution < 1.29 is 0 Å². The number of aryl methyl sites for hydroxylation is 3. The van der Waals surface area contributed by atoms with Crippen LogP contribution in [0.15, 0.2) is 95.9 Å². The molecule has 5 aliphatic rings. The van der Waals surface area contributed by atoms with Crippen LogP contribution in [-0.4, -0.2) is 12.8 Å². The van der Waals surface area contributed by atoms with E-state index in [9.17, 15) is 0 Å². The summed E-state index contributed by atoms with van der Waals surface area (Å²) in [6.07, 6.45) is 15.1. The van der Waals surface area contributed by atoms with E-state index in [2.05, 4.69) is 138 Å². The summed E-state index contributed by atoms with van der Waals surface area (Å²) in [5, 5.41) is 6.75. The molecule has 2 aliphatic heterocycles. The van der Waals surface area contributed by atoms with Crippen LogP contribution in [0.2, 0.25) is 0 Å². The lowest BCUT2D eigenvalue weighted by molar-refractivity contribution is 0.195. The molecule has 2 nitrogen and oxygen atoms in total. The second-order valence-electron chi connectivity index (χ2n) is 15.7. The maximum Gasteiger partial charge on any atom is 0.197 e. The fraction of sp³-hybridized carbons (Fsp3) is 0.333. The lowest BCUT2D eigenvalue weighted by Crippen LogP contribution is -2.57. The number of hydrogen-bond donors (Lipinski definition) is 1. The van der Waals surface area contributed by atoms with Crippen molar-refractivity contribution in [2.75, 3.05) is 4.90 Å². The maximum atomic E-state index is 4.07. The SMILES string of the molecule is CC1=C(NC2=C(C)c3ccc(C)cc3CCC=C2c2cc3ccccc3c3c2[B]c2cc(C)cc4c2N3C2(C)CCCCC42C)CC=C1. The van der Waals surface area contributed by atoms with E-state index in [0.717, 1.165) is 19.3 Å². The van der Waals surface area contributed by atoms with Crippen LogP contribution in [0.25, 0.3) is 21.9 Å². The Kier molecular flexibility index (Phi) is 6.62. The number of nitrogens with one attached hydrogen (secondary N) is 1. The normalized spacial score (nSPS) is 24.0. The van der Waals surface area contributed by atoms with E-state index in [0.29, 0.717) is 0 Å². The third-order valence-corrected chi connectivity index (χ3v) is 12.8. The van der Waals surface area contributed by atoms with E-state index in [1.807, 2.05) is 0 Å². The third kappa shape index (κ3) is 4.12. The van der Waals surface area contributed by atoms with Crippen LogP contribution in [-0.2, 0) is 11.8 Å². The summed E-state index contributed by atoms with van der Waals surface area (Å²) in [5.74, 6) is 0. The van der Waals surface area contributed by atoms with Crippen LogP contribution in [0.3, 0.4) is 0 Å². The summed E-state index contributed by atoms with van der Waals surface area (Å²) in [7, 11) is 2.55. The minimum absolute atomic E-state index is 0.0108. The van der Waals surface area contributed by atoms with Gasteiger partial charge in [-0.05, 0) is 111 Å². The van der Waals surface area contributed by atoms with Crippen LogP contribution in [0.4, 0.5) is 11.4 Å². The molecule has 48 heavy (non-hydrogen) atoms. The van der Waals surface area contributed by atoms with Gasteiger partial charge in [-0.15, -0.1) is 0 Å². The Hall–Kier alpha value is -4.24. The van der Waals surface area contributed by atoms with Crippen molar-refractivity contribution in [1.29, 1.82) is 0 Å². The quantitative estimate of drug-likeness (QED) is 0.228. The van der Waals surface area contributed by atoms with E-state index in [4.69, 9.17) is 0 Å². The first-order valence-corrected chi connectivity index (χ1v) is 18.2. The number of fused-ring (bicyclic) bond motifs is 8. The number of rotatable bonds is 3. The highest BCUT2D eigenvalue weighted by atomic mass is 15.3. The predicted molar refractivity (Wildman–Crippen MR) is 206 cm³/mol. The van der Waals surface area contributed by atoms with Gasteiger partial charge in [0.2, 0.25) is 0 Å². The number of hydrogen-bond acceptors (Lipinski definition) is 2. The number of nitrogens with zero attached hydrogens (tertiary/aromatic N) is 1. The van der Waals surface area contributed by atoms with Crippen LogP contribution < -0.4 is 21.1 Å². The summed E-state index contributed by atoms with van der Waals surface area (Å²) in [4.78, 5) is 2.84. The monoisotopic (exact) mass is 625 g/mol. The molecule has 2 unspecified atom stereocenters. The van der Waals surface area contributed by atoms with Gasteiger partial charge in [-0.25, -0.2) is 0 Å². The van der Waals surface area contributed by atoms with Crippen molar-refractivity contribution in [3.05, 3.63) is 129 Å². The number of benzene rings is 4. The lowest BCUT2D eigenvalue weighted by atomic mass is 9.57. The van der Waals surface area contributed by atoms with Gasteiger partial charge >= 0.3 is 0 Å². The van der Waals surface area contributed by atoms with Crippen LogP contribution in [0.5, 0.6) is 0 Å². The Bertz CT molecular complexity index is 2190. The number of anilines is 2. The summed E-state index contributed by atoms with van der Waals surface area (Å²) in [6.45, 7) is 14.2. The molecule has 1 radical (unpaired) electrons. The second-order valence-corrected chi connectivity index (χ2v) is 15.7. The zero-order valence-electron chi connectivity index (χ0n) is 29.5. The highest BCUT2D eigenvalue weighted by Crippen LogP contribution is 2.61. The maximum absolute atomic E-state index is 4.07. The Balaban J connectivity index is 1.34. The molecule has 1 saturated carbocycles. The molecular weight excluding hydrogens is 579 g/mol. The Labute approximate surface area is 287 Å². The van der Waals surface area contributed by atoms with Gasteiger partial charge in [0.25, 0.3) is 0 Å². The van der Waals surface area contributed by atoms with Gasteiger partial charge in [0.1, 0.15) is 0 Å². The summed E-state index contributed by atoms with van der Waals surface area (Å²) < 4.78 is 0. The van der Waals surface area contributed by atoms with Gasteiger partial charge in [-0.1, -0.05) is 109 Å². The van der Waals surface area contributed by atoms with Crippen molar-refractivity contribution in [2.45, 2.75) is 97.4 Å². The molecule has 0 aromatic heterocycles. The van der Waals surface area contributed by atoms with Gasteiger partial charge in [0, 0.05) is 45.6 Å². The van der Waals surface area contributed by atoms with Crippen molar-refractivity contribution in [1.82, 2.24) is 5.32 Å². The molecule has 3 heteroatoms. The zero-order valence-corrected chi connectivity index (χ0v) is 29.5. The van der Waals surface area contributed by atoms with Crippen LogP contribution in [0.1, 0.15) is 99.6 Å². The van der Waals surface area contributed by atoms with Gasteiger partial charge in [0.15, 0.2) is 7.28 Å². The van der Waals surface area contributed by atoms with E-state index >= 15 is 0 Å². The van der Waals surface area contributed by atoms with Crippen molar-refractivity contribution in [3.63, 3.8) is 0 Å². The highest BCUT2D eigenvalue weighted by molar-refractivity contribution is 6.73. The fourth-order valence-corrected chi connectivity index (χ4v) is 10.0. The first-order valence-electron chi connectivity index (χ1n) is 18.2. The largest absolute Gasteiger partial charge is 0.358 e. The van der Waals surface area contributed by atoms with E-state index < -0.39 is 0 Å². The molecule has 0 spiro atoms. The standard InChI is InChI=1S/C45H46BN2/c1-27-19-20-33-30(4)41(47-39-18-11-13-29(39)3)35(17-12-15-31(33)23-27)36-26-32-14-7-8-16-34(32)42-40(36)46-38-25-28(2)24-37-43(38)48(42)45(6)22-10-9-21-44(37,45)5/h7-8,11,13-14,16-17,19-20,23-26,47H,9-10,12,15,18,21-22H2,1-6H3. The van der Waals surface area contributed by atoms with E-state index in [1.165, 1.54) is 115 Å². The zero-order chi connectivity index (χ0) is 32.9. The lowest BCUT2D eigenvalue weighted by Gasteiger charge is -2.51. The molecule has 4 aromatic carbocycles. The summed E-state index contributed by atoms with van der Waals surface area (Å²) in [6, 6.07) is 23.7. The minimum Gasteiger partial charge on any atom is -0.358 e. The Morgan fingerprint density at radius 3 is 2.50 bits per heavy atom. The molecule has 0 saturated heterocycles. The van der Waals surface area contributed by atoms with Gasteiger partial charge in [-0.3, -0.25) is 0 Å². The molecule has 2 heterocycles. The average molecular weight is 626 g/mol. The molecular formula is C45H46BN2. The molecule has 9 rings (SSSR count). The molecule has 3 aliphatic carbocycles.